The van der Waals surface area contributed by atoms with Crippen LogP contribution in [0.5, 0.6) is 0 Å². The van der Waals surface area contributed by atoms with Crippen LogP contribution in [0.25, 0.3) is 0 Å². The maximum Gasteiger partial charge on any atom is 0.0449 e. The monoisotopic (exact) mass is 257 g/mol. The first-order chi connectivity index (χ1) is 7.49. The third kappa shape index (κ3) is 4.77. The molecule has 0 aliphatic heterocycles. The summed E-state index contributed by atoms with van der Waals surface area (Å²) >= 11 is 8.07. The molecule has 90 valence electrons. The van der Waals surface area contributed by atoms with Gasteiger partial charge in [-0.2, -0.15) is 0 Å². The molecule has 1 atom stereocenters. The van der Waals surface area contributed by atoms with Gasteiger partial charge in [-0.25, -0.2) is 0 Å². The predicted octanol–water partition coefficient (Wildman–Crippen LogP) is 3.98. The van der Waals surface area contributed by atoms with E-state index in [-0.39, 0.29) is 6.04 Å². The molecule has 16 heavy (non-hydrogen) atoms. The van der Waals surface area contributed by atoms with E-state index < -0.39 is 0 Å². The van der Waals surface area contributed by atoms with E-state index in [1.54, 1.807) is 0 Å². The second kappa shape index (κ2) is 6.53. The van der Waals surface area contributed by atoms with Gasteiger partial charge in [-0.3, -0.25) is 0 Å². The van der Waals surface area contributed by atoms with Crippen LogP contribution in [0.15, 0.2) is 23.1 Å². The Bertz CT molecular complexity index is 337. The van der Waals surface area contributed by atoms with Crippen molar-refractivity contribution < 1.29 is 0 Å². The van der Waals surface area contributed by atoms with Crippen LogP contribution in [-0.4, -0.2) is 11.8 Å². The van der Waals surface area contributed by atoms with Crippen LogP contribution in [0.4, 0.5) is 0 Å². The Morgan fingerprint density at radius 3 is 2.50 bits per heavy atom. The maximum atomic E-state index is 6.22. The fourth-order valence-electron chi connectivity index (χ4n) is 1.39. The predicted molar refractivity (Wildman–Crippen MR) is 74.4 cm³/mol. The molecular weight excluding hydrogens is 238 g/mol. The molecule has 0 heterocycles. The molecule has 1 nitrogen and oxygen atoms in total. The van der Waals surface area contributed by atoms with Crippen LogP contribution in [0, 0.1) is 5.92 Å². The highest BCUT2D eigenvalue weighted by Gasteiger charge is 2.05. The van der Waals surface area contributed by atoms with E-state index >= 15 is 0 Å². The first-order valence-electron chi connectivity index (χ1n) is 5.66. The van der Waals surface area contributed by atoms with E-state index in [1.165, 1.54) is 4.90 Å². The molecule has 2 N–H and O–H groups in total. The van der Waals surface area contributed by atoms with Crippen molar-refractivity contribution in [3.8, 4) is 0 Å². The second-order valence-corrected chi connectivity index (χ2v) is 6.14. The number of benzene rings is 1. The number of halogens is 1. The van der Waals surface area contributed by atoms with Crippen molar-refractivity contribution in [2.24, 2.45) is 11.7 Å². The van der Waals surface area contributed by atoms with Gasteiger partial charge in [-0.05, 0) is 37.0 Å². The molecule has 0 aromatic heterocycles. The molecular formula is C13H20ClNS. The zero-order valence-electron chi connectivity index (χ0n) is 10.2. The van der Waals surface area contributed by atoms with Crippen molar-refractivity contribution >= 4 is 23.4 Å². The van der Waals surface area contributed by atoms with Crippen LogP contribution in [0.3, 0.4) is 0 Å². The largest absolute Gasteiger partial charge is 0.328 e. The molecule has 0 aliphatic carbocycles. The van der Waals surface area contributed by atoms with Crippen molar-refractivity contribution in [1.82, 2.24) is 0 Å². The Labute approximate surface area is 108 Å². The molecule has 1 rings (SSSR count). The summed E-state index contributed by atoms with van der Waals surface area (Å²) in [4.78, 5) is 1.24. The molecule has 1 aromatic rings. The van der Waals surface area contributed by atoms with Gasteiger partial charge in [0.25, 0.3) is 0 Å². The number of thioether (sulfide) groups is 1. The smallest absolute Gasteiger partial charge is 0.0449 e. The Morgan fingerprint density at radius 1 is 1.31 bits per heavy atom. The van der Waals surface area contributed by atoms with E-state index in [2.05, 4.69) is 26.0 Å². The first-order valence-corrected chi connectivity index (χ1v) is 7.02. The van der Waals surface area contributed by atoms with Gasteiger partial charge in [0.1, 0.15) is 0 Å². The normalized spacial score (nSPS) is 13.1. The molecule has 0 bridgehead atoms. The molecule has 0 aliphatic rings. The fourth-order valence-corrected chi connectivity index (χ4v) is 2.61. The van der Waals surface area contributed by atoms with Crippen molar-refractivity contribution in [2.45, 2.75) is 38.1 Å². The molecule has 1 unspecified atom stereocenters. The average molecular weight is 258 g/mol. The summed E-state index contributed by atoms with van der Waals surface area (Å²) in [6, 6.07) is 6.43. The molecule has 0 fully saturated rings. The van der Waals surface area contributed by atoms with Crippen molar-refractivity contribution in [1.29, 1.82) is 0 Å². The minimum Gasteiger partial charge on any atom is -0.328 e. The summed E-state index contributed by atoms with van der Waals surface area (Å²) in [5.74, 6) is 1.83. The summed E-state index contributed by atoms with van der Waals surface area (Å²) < 4.78 is 0. The summed E-state index contributed by atoms with van der Waals surface area (Å²) in [5, 5.41) is 0.839. The summed E-state index contributed by atoms with van der Waals surface area (Å²) in [7, 11) is 0. The van der Waals surface area contributed by atoms with Crippen LogP contribution >= 0.6 is 23.4 Å². The van der Waals surface area contributed by atoms with Gasteiger partial charge >= 0.3 is 0 Å². The molecule has 1 aromatic carbocycles. The van der Waals surface area contributed by atoms with E-state index in [0.29, 0.717) is 5.92 Å². The maximum absolute atomic E-state index is 6.22. The highest BCUT2D eigenvalue weighted by Crippen LogP contribution is 2.26. The summed E-state index contributed by atoms with van der Waals surface area (Å²) in [6.07, 6.45) is 0.841. The highest BCUT2D eigenvalue weighted by molar-refractivity contribution is 7.99. The molecule has 3 heteroatoms. The van der Waals surface area contributed by atoms with Crippen molar-refractivity contribution in [3.63, 3.8) is 0 Å². The zero-order valence-corrected chi connectivity index (χ0v) is 11.7. The lowest BCUT2D eigenvalue weighted by Crippen LogP contribution is -2.17. The van der Waals surface area contributed by atoms with Gasteiger partial charge < -0.3 is 5.73 Å². The van der Waals surface area contributed by atoms with Gasteiger partial charge in [0, 0.05) is 21.7 Å². The van der Waals surface area contributed by atoms with Gasteiger partial charge in [-0.15, -0.1) is 11.8 Å². The Morgan fingerprint density at radius 2 is 2.00 bits per heavy atom. The van der Waals surface area contributed by atoms with Crippen LogP contribution in [0.1, 0.15) is 26.3 Å². The second-order valence-electron chi connectivity index (χ2n) is 4.64. The van der Waals surface area contributed by atoms with Crippen LogP contribution in [-0.2, 0) is 6.42 Å². The standard InChI is InChI=1S/C13H20ClNS/c1-9(2)8-16-12-5-4-11(6-10(3)15)13(14)7-12/h4-5,7,9-10H,6,8,15H2,1-3H3. The quantitative estimate of drug-likeness (QED) is 0.808. The molecule has 0 saturated heterocycles. The lowest BCUT2D eigenvalue weighted by atomic mass is 10.1. The topological polar surface area (TPSA) is 26.0 Å². The van der Waals surface area contributed by atoms with Gasteiger partial charge in [0.05, 0.1) is 0 Å². The first kappa shape index (κ1) is 13.9. The molecule has 0 radical (unpaired) electrons. The van der Waals surface area contributed by atoms with E-state index in [9.17, 15) is 0 Å². The molecule has 0 amide bonds. The lowest BCUT2D eigenvalue weighted by Gasteiger charge is -2.10. The SMILES string of the molecule is CC(C)CSc1ccc(CC(C)N)c(Cl)c1. The lowest BCUT2D eigenvalue weighted by molar-refractivity contribution is 0.737. The Balaban J connectivity index is 2.67. The third-order valence-electron chi connectivity index (χ3n) is 2.15. The number of hydrogen-bond donors (Lipinski definition) is 1. The van der Waals surface area contributed by atoms with E-state index in [1.807, 2.05) is 24.8 Å². The highest BCUT2D eigenvalue weighted by atomic mass is 35.5. The molecule has 0 spiro atoms. The van der Waals surface area contributed by atoms with Crippen molar-refractivity contribution in [3.05, 3.63) is 28.8 Å². The van der Waals surface area contributed by atoms with E-state index in [0.717, 1.165) is 22.8 Å². The number of rotatable bonds is 5. The molecule has 0 saturated carbocycles. The number of nitrogens with two attached hydrogens (primary N) is 1. The fraction of sp³-hybridized carbons (Fsp3) is 0.538. The minimum atomic E-state index is 0.159. The number of hydrogen-bond acceptors (Lipinski definition) is 2. The Kier molecular flexibility index (Phi) is 5.67. The van der Waals surface area contributed by atoms with Gasteiger partial charge in [-0.1, -0.05) is 31.5 Å². The van der Waals surface area contributed by atoms with Crippen LogP contribution < -0.4 is 5.73 Å². The van der Waals surface area contributed by atoms with Gasteiger partial charge in [0.2, 0.25) is 0 Å². The Hall–Kier alpha value is -0.180. The van der Waals surface area contributed by atoms with Crippen LogP contribution in [0.2, 0.25) is 5.02 Å². The summed E-state index contributed by atoms with van der Waals surface area (Å²) in [6.45, 7) is 6.44. The van der Waals surface area contributed by atoms with Gasteiger partial charge in [0.15, 0.2) is 0 Å². The minimum absolute atomic E-state index is 0.159. The summed E-state index contributed by atoms with van der Waals surface area (Å²) in [5.41, 5.74) is 6.91. The third-order valence-corrected chi connectivity index (χ3v) is 3.92. The van der Waals surface area contributed by atoms with E-state index in [4.69, 9.17) is 17.3 Å². The zero-order chi connectivity index (χ0) is 12.1. The van der Waals surface area contributed by atoms with Crippen molar-refractivity contribution in [2.75, 3.05) is 5.75 Å². The average Bonchev–Trinajstić information content (AvgIpc) is 2.18.